The predicted octanol–water partition coefficient (Wildman–Crippen LogP) is 2.64. The summed E-state index contributed by atoms with van der Waals surface area (Å²) in [5.74, 6) is 0.0538. The normalized spacial score (nSPS) is 10.6. The number of carboxylic acid groups (broad SMARTS) is 1. The summed E-state index contributed by atoms with van der Waals surface area (Å²) in [5, 5.41) is 8.80. The van der Waals surface area contributed by atoms with Gasteiger partial charge < -0.3 is 9.84 Å². The molecule has 0 spiro atoms. The van der Waals surface area contributed by atoms with Gasteiger partial charge in [0.25, 0.3) is 0 Å². The minimum atomic E-state index is -0.818. The molecule has 1 aromatic carbocycles. The average molecular weight is 277 g/mol. The van der Waals surface area contributed by atoms with E-state index in [1.54, 1.807) is 6.08 Å². The fourth-order valence-corrected chi connectivity index (χ4v) is 2.10. The Labute approximate surface area is 120 Å². The summed E-state index contributed by atoms with van der Waals surface area (Å²) in [6.07, 6.45) is 2.50. The fraction of sp³-hybridized carbons (Fsp3) is 0.438. The summed E-state index contributed by atoms with van der Waals surface area (Å²) in [5.41, 5.74) is 2.36. The molecule has 4 nitrogen and oxygen atoms in total. The highest BCUT2D eigenvalue weighted by Crippen LogP contribution is 2.16. The molecule has 0 saturated heterocycles. The molecule has 0 aliphatic carbocycles. The molecule has 1 aromatic rings. The van der Waals surface area contributed by atoms with E-state index in [4.69, 9.17) is 9.84 Å². The number of benzene rings is 1. The van der Waals surface area contributed by atoms with Crippen LogP contribution < -0.4 is 4.74 Å². The molecule has 0 aliphatic rings. The number of aryl methyl sites for hydroxylation is 2. The van der Waals surface area contributed by atoms with E-state index in [-0.39, 0.29) is 6.54 Å². The summed E-state index contributed by atoms with van der Waals surface area (Å²) in [6.45, 7) is 9.60. The van der Waals surface area contributed by atoms with E-state index in [1.165, 1.54) is 11.1 Å². The number of hydrogen-bond donors (Lipinski definition) is 1. The van der Waals surface area contributed by atoms with Gasteiger partial charge in [-0.25, -0.2) is 0 Å². The first-order chi connectivity index (χ1) is 9.51. The molecule has 0 heterocycles. The van der Waals surface area contributed by atoms with Crippen LogP contribution >= 0.6 is 0 Å². The van der Waals surface area contributed by atoms with E-state index in [0.29, 0.717) is 19.7 Å². The van der Waals surface area contributed by atoms with Crippen molar-refractivity contribution in [1.82, 2.24) is 4.90 Å². The fourth-order valence-electron chi connectivity index (χ4n) is 2.10. The lowest BCUT2D eigenvalue weighted by Crippen LogP contribution is -2.31. The third kappa shape index (κ3) is 6.38. The summed E-state index contributed by atoms with van der Waals surface area (Å²) >= 11 is 0. The number of aliphatic carboxylic acids is 1. The first kappa shape index (κ1) is 16.2. The molecule has 0 bridgehead atoms. The van der Waals surface area contributed by atoms with E-state index < -0.39 is 5.97 Å². The number of nitrogens with zero attached hydrogens (tertiary/aromatic N) is 1. The second-order valence-corrected chi connectivity index (χ2v) is 4.94. The molecule has 0 aliphatic heterocycles. The highest BCUT2D eigenvalue weighted by molar-refractivity contribution is 5.69. The Morgan fingerprint density at radius 1 is 1.35 bits per heavy atom. The largest absolute Gasteiger partial charge is 0.494 e. The zero-order valence-electron chi connectivity index (χ0n) is 12.3. The molecule has 0 radical (unpaired) electrons. The predicted molar refractivity (Wildman–Crippen MR) is 80.3 cm³/mol. The van der Waals surface area contributed by atoms with Crippen molar-refractivity contribution in [3.8, 4) is 5.75 Å². The van der Waals surface area contributed by atoms with Crippen molar-refractivity contribution in [2.24, 2.45) is 0 Å². The highest BCUT2D eigenvalue weighted by atomic mass is 16.5. The molecule has 0 atom stereocenters. The Hall–Kier alpha value is -1.81. The van der Waals surface area contributed by atoms with Crippen molar-refractivity contribution in [3.05, 3.63) is 42.0 Å². The topological polar surface area (TPSA) is 49.8 Å². The zero-order valence-corrected chi connectivity index (χ0v) is 12.3. The van der Waals surface area contributed by atoms with Crippen molar-refractivity contribution in [2.45, 2.75) is 20.3 Å². The molecule has 4 heteroatoms. The number of rotatable bonds is 9. The Balaban J connectivity index is 2.35. The van der Waals surface area contributed by atoms with Crippen LogP contribution in [0.2, 0.25) is 0 Å². The second kappa shape index (κ2) is 8.38. The number of hydrogen-bond acceptors (Lipinski definition) is 3. The van der Waals surface area contributed by atoms with Gasteiger partial charge in [-0.05, 0) is 43.5 Å². The van der Waals surface area contributed by atoms with E-state index in [2.05, 4.69) is 12.6 Å². The van der Waals surface area contributed by atoms with Crippen LogP contribution in [0.15, 0.2) is 30.9 Å². The molecule has 0 saturated carbocycles. The first-order valence-electron chi connectivity index (χ1n) is 6.77. The van der Waals surface area contributed by atoms with E-state index in [9.17, 15) is 4.79 Å². The Morgan fingerprint density at radius 2 is 2.00 bits per heavy atom. The molecule has 1 rings (SSSR count). The van der Waals surface area contributed by atoms with Crippen molar-refractivity contribution >= 4 is 5.97 Å². The van der Waals surface area contributed by atoms with Crippen LogP contribution in [0.25, 0.3) is 0 Å². The second-order valence-electron chi connectivity index (χ2n) is 4.94. The van der Waals surface area contributed by atoms with Gasteiger partial charge in [0.15, 0.2) is 0 Å². The van der Waals surface area contributed by atoms with Gasteiger partial charge in [0, 0.05) is 13.1 Å². The number of carboxylic acids is 1. The lowest BCUT2D eigenvalue weighted by atomic mass is 10.1. The summed E-state index contributed by atoms with van der Waals surface area (Å²) in [6, 6.07) is 6.11. The number of carbonyl (C=O) groups is 1. The van der Waals surface area contributed by atoms with E-state index in [1.807, 2.05) is 30.9 Å². The summed E-state index contributed by atoms with van der Waals surface area (Å²) in [7, 11) is 0. The Bertz CT molecular complexity index is 437. The van der Waals surface area contributed by atoms with Crippen LogP contribution in [0, 0.1) is 13.8 Å². The van der Waals surface area contributed by atoms with E-state index in [0.717, 1.165) is 12.2 Å². The lowest BCUT2D eigenvalue weighted by molar-refractivity contribution is -0.138. The van der Waals surface area contributed by atoms with Gasteiger partial charge >= 0.3 is 5.97 Å². The first-order valence-corrected chi connectivity index (χ1v) is 6.77. The quantitative estimate of drug-likeness (QED) is 0.557. The van der Waals surface area contributed by atoms with Crippen molar-refractivity contribution in [1.29, 1.82) is 0 Å². The average Bonchev–Trinajstić information content (AvgIpc) is 2.33. The van der Waals surface area contributed by atoms with Crippen LogP contribution in [-0.4, -0.2) is 42.2 Å². The lowest BCUT2D eigenvalue weighted by Gasteiger charge is -2.18. The van der Waals surface area contributed by atoms with Gasteiger partial charge in [0.1, 0.15) is 5.75 Å². The minimum Gasteiger partial charge on any atom is -0.494 e. The molecule has 0 unspecified atom stereocenters. The Kier molecular flexibility index (Phi) is 6.81. The molecule has 110 valence electrons. The summed E-state index contributed by atoms with van der Waals surface area (Å²) < 4.78 is 5.70. The molecular weight excluding hydrogens is 254 g/mol. The number of ether oxygens (including phenoxy) is 1. The molecule has 1 N–H and O–H groups in total. The van der Waals surface area contributed by atoms with Crippen LogP contribution in [0.4, 0.5) is 0 Å². The maximum absolute atomic E-state index is 10.7. The Morgan fingerprint density at radius 3 is 2.55 bits per heavy atom. The van der Waals surface area contributed by atoms with Crippen molar-refractivity contribution < 1.29 is 14.6 Å². The molecule has 0 amide bonds. The van der Waals surface area contributed by atoms with Crippen LogP contribution in [-0.2, 0) is 4.79 Å². The zero-order chi connectivity index (χ0) is 15.0. The van der Waals surface area contributed by atoms with Crippen LogP contribution in [0.1, 0.15) is 17.5 Å². The highest BCUT2D eigenvalue weighted by Gasteiger charge is 2.07. The monoisotopic (exact) mass is 277 g/mol. The van der Waals surface area contributed by atoms with Crippen LogP contribution in [0.5, 0.6) is 5.75 Å². The van der Waals surface area contributed by atoms with Gasteiger partial charge in [-0.2, -0.15) is 0 Å². The van der Waals surface area contributed by atoms with E-state index >= 15 is 0 Å². The smallest absolute Gasteiger partial charge is 0.317 e. The van der Waals surface area contributed by atoms with Gasteiger partial charge in [0.2, 0.25) is 0 Å². The molecule has 20 heavy (non-hydrogen) atoms. The van der Waals surface area contributed by atoms with Crippen LogP contribution in [0.3, 0.4) is 0 Å². The van der Waals surface area contributed by atoms with Gasteiger partial charge in [-0.1, -0.05) is 12.1 Å². The SMILES string of the molecule is C=CCN(CCCOc1cc(C)cc(C)c1)CC(=O)O. The third-order valence-electron chi connectivity index (χ3n) is 2.83. The van der Waals surface area contributed by atoms with Gasteiger partial charge in [-0.3, -0.25) is 9.69 Å². The van der Waals surface area contributed by atoms with Gasteiger partial charge in [0.05, 0.1) is 13.2 Å². The molecule has 0 fully saturated rings. The maximum Gasteiger partial charge on any atom is 0.317 e. The minimum absolute atomic E-state index is 0.0373. The standard InChI is InChI=1S/C16H23NO3/c1-4-6-17(12-16(18)19)7-5-8-20-15-10-13(2)9-14(3)11-15/h4,9-11H,1,5-8,12H2,2-3H3,(H,18,19). The van der Waals surface area contributed by atoms with Crippen molar-refractivity contribution in [2.75, 3.05) is 26.2 Å². The van der Waals surface area contributed by atoms with Crippen molar-refractivity contribution in [3.63, 3.8) is 0 Å². The maximum atomic E-state index is 10.7. The van der Waals surface area contributed by atoms with Gasteiger partial charge in [-0.15, -0.1) is 6.58 Å². The molecular formula is C16H23NO3. The third-order valence-corrected chi connectivity index (χ3v) is 2.83. The summed E-state index contributed by atoms with van der Waals surface area (Å²) in [4.78, 5) is 12.5. The molecule has 0 aromatic heterocycles.